The van der Waals surface area contributed by atoms with Crippen LogP contribution in [0.4, 0.5) is 5.69 Å². The molecule has 1 fully saturated rings. The summed E-state index contributed by atoms with van der Waals surface area (Å²) in [6.07, 6.45) is 3.86. The van der Waals surface area contributed by atoms with Gasteiger partial charge in [0.2, 0.25) is 0 Å². The zero-order chi connectivity index (χ0) is 19.4. The Labute approximate surface area is 168 Å². The second-order valence-electron chi connectivity index (χ2n) is 7.73. The van der Waals surface area contributed by atoms with Gasteiger partial charge in [-0.05, 0) is 54.8 Å². The van der Waals surface area contributed by atoms with Crippen LogP contribution >= 0.6 is 0 Å². The van der Waals surface area contributed by atoms with Crippen LogP contribution < -0.4 is 5.32 Å². The van der Waals surface area contributed by atoms with E-state index in [4.69, 9.17) is 0 Å². The van der Waals surface area contributed by atoms with Crippen molar-refractivity contribution in [1.29, 1.82) is 0 Å². The lowest BCUT2D eigenvalue weighted by atomic mass is 10.0. The van der Waals surface area contributed by atoms with Crippen LogP contribution in [0.5, 0.6) is 0 Å². The molecule has 1 amide bonds. The quantitative estimate of drug-likeness (QED) is 0.558. The van der Waals surface area contributed by atoms with Crippen molar-refractivity contribution in [2.45, 2.75) is 25.0 Å². The van der Waals surface area contributed by atoms with Crippen molar-refractivity contribution in [1.82, 2.24) is 14.5 Å². The van der Waals surface area contributed by atoms with Crippen molar-refractivity contribution in [3.63, 3.8) is 0 Å². The molecule has 0 spiro atoms. The monoisotopic (exact) mass is 380 g/mol. The van der Waals surface area contributed by atoms with Gasteiger partial charge in [-0.3, -0.25) is 9.36 Å². The second-order valence-corrected chi connectivity index (χ2v) is 7.73. The highest BCUT2D eigenvalue weighted by molar-refractivity contribution is 6.02. The Kier molecular flexibility index (Phi) is 3.50. The summed E-state index contributed by atoms with van der Waals surface area (Å²) in [4.78, 5) is 19.7. The number of amides is 1. The molecule has 0 saturated heterocycles. The average molecular weight is 380 g/mol. The number of para-hydroxylation sites is 3. The first-order valence-electron chi connectivity index (χ1n) is 10.0. The maximum atomic E-state index is 13.2. The standard InChI is InChI=1S/C24H20N4O/c29-24-19-5-1-2-6-20(19)26-23(28(24)18-13-14-18)16-9-11-17(12-10-16)27-15-25-21-7-3-4-8-22(21)27/h1-12,15,18,23,26H,13-14H2/t23-/m0/s1. The first kappa shape index (κ1) is 16.4. The van der Waals surface area contributed by atoms with Gasteiger partial charge in [0.1, 0.15) is 12.5 Å². The number of nitrogens with zero attached hydrogens (tertiary/aromatic N) is 3. The lowest BCUT2D eigenvalue weighted by molar-refractivity contribution is 0.0666. The molecule has 1 atom stereocenters. The summed E-state index contributed by atoms with van der Waals surface area (Å²) in [6.45, 7) is 0. The van der Waals surface area contributed by atoms with Crippen LogP contribution in [0.25, 0.3) is 16.7 Å². The summed E-state index contributed by atoms with van der Waals surface area (Å²) >= 11 is 0. The number of carbonyl (C=O) groups excluding carboxylic acids is 1. The number of hydrogen-bond acceptors (Lipinski definition) is 3. The number of nitrogens with one attached hydrogen (secondary N) is 1. The van der Waals surface area contributed by atoms with Crippen molar-refractivity contribution in [2.75, 3.05) is 5.32 Å². The SMILES string of the molecule is O=C1c2ccccc2N[C@H](c2ccc(-n3cnc4ccccc43)cc2)N1C1CC1. The van der Waals surface area contributed by atoms with Gasteiger partial charge in [0.15, 0.2) is 0 Å². The van der Waals surface area contributed by atoms with Crippen molar-refractivity contribution >= 4 is 22.6 Å². The van der Waals surface area contributed by atoms with Gasteiger partial charge >= 0.3 is 0 Å². The van der Waals surface area contributed by atoms with Crippen LogP contribution in [-0.4, -0.2) is 26.4 Å². The molecule has 4 aromatic rings. The fourth-order valence-electron chi connectivity index (χ4n) is 4.22. The summed E-state index contributed by atoms with van der Waals surface area (Å²) in [5.74, 6) is 0.122. The zero-order valence-corrected chi connectivity index (χ0v) is 15.8. The molecule has 2 heterocycles. The molecule has 0 unspecified atom stereocenters. The van der Waals surface area contributed by atoms with Crippen LogP contribution in [0, 0.1) is 0 Å². The van der Waals surface area contributed by atoms with Gasteiger partial charge in [-0.15, -0.1) is 0 Å². The van der Waals surface area contributed by atoms with E-state index < -0.39 is 0 Å². The molecular formula is C24H20N4O. The maximum Gasteiger partial charge on any atom is 0.258 e. The number of hydrogen-bond donors (Lipinski definition) is 1. The molecule has 1 aromatic heterocycles. The van der Waals surface area contributed by atoms with Gasteiger partial charge in [0.25, 0.3) is 5.91 Å². The largest absolute Gasteiger partial charge is 0.361 e. The lowest BCUT2D eigenvalue weighted by Gasteiger charge is -2.38. The Hall–Kier alpha value is -3.60. The molecule has 2 aliphatic rings. The van der Waals surface area contributed by atoms with E-state index in [0.717, 1.165) is 46.4 Å². The van der Waals surface area contributed by atoms with E-state index in [9.17, 15) is 4.79 Å². The molecule has 29 heavy (non-hydrogen) atoms. The van der Waals surface area contributed by atoms with E-state index in [1.54, 1.807) is 0 Å². The van der Waals surface area contributed by atoms with Crippen LogP contribution in [0.2, 0.25) is 0 Å². The van der Waals surface area contributed by atoms with Crippen LogP contribution in [0.1, 0.15) is 34.9 Å². The van der Waals surface area contributed by atoms with E-state index in [1.165, 1.54) is 0 Å². The minimum absolute atomic E-state index is 0.122. The molecule has 1 saturated carbocycles. The minimum atomic E-state index is -0.140. The first-order valence-corrected chi connectivity index (χ1v) is 10.0. The number of benzene rings is 3. The number of rotatable bonds is 3. The van der Waals surface area contributed by atoms with Crippen LogP contribution in [0.15, 0.2) is 79.1 Å². The fourth-order valence-corrected chi connectivity index (χ4v) is 4.22. The van der Waals surface area contributed by atoms with E-state index >= 15 is 0 Å². The summed E-state index contributed by atoms with van der Waals surface area (Å²) in [7, 11) is 0. The second kappa shape index (κ2) is 6.21. The highest BCUT2D eigenvalue weighted by atomic mass is 16.2. The highest BCUT2D eigenvalue weighted by Gasteiger charge is 2.41. The van der Waals surface area contributed by atoms with Crippen LogP contribution in [0.3, 0.4) is 0 Å². The summed E-state index contributed by atoms with van der Waals surface area (Å²) in [5, 5.41) is 3.58. The summed E-state index contributed by atoms with van der Waals surface area (Å²) < 4.78 is 2.09. The molecule has 1 N–H and O–H groups in total. The Balaban J connectivity index is 1.38. The molecule has 0 radical (unpaired) electrons. The van der Waals surface area contributed by atoms with E-state index in [2.05, 4.69) is 45.2 Å². The Morgan fingerprint density at radius 1 is 0.897 bits per heavy atom. The van der Waals surface area contributed by atoms with Gasteiger partial charge < -0.3 is 10.2 Å². The third kappa shape index (κ3) is 2.62. The molecular weight excluding hydrogens is 360 g/mol. The molecule has 142 valence electrons. The normalized spacial score (nSPS) is 18.6. The van der Waals surface area contributed by atoms with E-state index in [1.807, 2.05) is 53.7 Å². The fraction of sp³-hybridized carbons (Fsp3) is 0.167. The number of anilines is 1. The van der Waals surface area contributed by atoms with Crippen molar-refractivity contribution in [3.8, 4) is 5.69 Å². The minimum Gasteiger partial charge on any atom is -0.361 e. The lowest BCUT2D eigenvalue weighted by Crippen LogP contribution is -2.44. The molecule has 6 rings (SSSR count). The average Bonchev–Trinajstić information content (AvgIpc) is 3.51. The molecule has 1 aliphatic carbocycles. The van der Waals surface area contributed by atoms with E-state index in [0.29, 0.717) is 6.04 Å². The molecule has 0 bridgehead atoms. The van der Waals surface area contributed by atoms with Gasteiger partial charge in [0, 0.05) is 17.4 Å². The topological polar surface area (TPSA) is 50.2 Å². The molecule has 5 nitrogen and oxygen atoms in total. The third-order valence-corrected chi connectivity index (χ3v) is 5.84. The van der Waals surface area contributed by atoms with E-state index in [-0.39, 0.29) is 12.1 Å². The zero-order valence-electron chi connectivity index (χ0n) is 15.8. The molecule has 5 heteroatoms. The van der Waals surface area contributed by atoms with Gasteiger partial charge in [0.05, 0.1) is 16.6 Å². The van der Waals surface area contributed by atoms with Crippen molar-refractivity contribution in [2.24, 2.45) is 0 Å². The Bertz CT molecular complexity index is 1220. The first-order chi connectivity index (χ1) is 14.3. The predicted molar refractivity (Wildman–Crippen MR) is 113 cm³/mol. The highest BCUT2D eigenvalue weighted by Crippen LogP contribution is 2.40. The van der Waals surface area contributed by atoms with Crippen molar-refractivity contribution < 1.29 is 4.79 Å². The maximum absolute atomic E-state index is 13.2. The molecule has 3 aromatic carbocycles. The number of imidazole rings is 1. The third-order valence-electron chi connectivity index (χ3n) is 5.84. The van der Waals surface area contributed by atoms with Crippen LogP contribution in [-0.2, 0) is 0 Å². The molecule has 1 aliphatic heterocycles. The summed E-state index contributed by atoms with van der Waals surface area (Å²) in [6, 6.07) is 24.6. The van der Waals surface area contributed by atoms with Gasteiger partial charge in [-0.2, -0.15) is 0 Å². The van der Waals surface area contributed by atoms with Gasteiger partial charge in [-0.25, -0.2) is 4.98 Å². The van der Waals surface area contributed by atoms with Crippen molar-refractivity contribution in [3.05, 3.63) is 90.3 Å². The summed E-state index contributed by atoms with van der Waals surface area (Å²) in [5.41, 5.74) is 5.88. The number of carbonyl (C=O) groups is 1. The Morgan fingerprint density at radius 2 is 1.66 bits per heavy atom. The number of fused-ring (bicyclic) bond motifs is 2. The number of aromatic nitrogens is 2. The smallest absolute Gasteiger partial charge is 0.258 e. The van der Waals surface area contributed by atoms with Gasteiger partial charge in [-0.1, -0.05) is 36.4 Å². The Morgan fingerprint density at radius 3 is 2.48 bits per heavy atom. The predicted octanol–water partition coefficient (Wildman–Crippen LogP) is 4.75.